The number of rotatable bonds is 4. The van der Waals surface area contributed by atoms with Gasteiger partial charge in [-0.1, -0.05) is 0 Å². The van der Waals surface area contributed by atoms with Crippen LogP contribution < -0.4 is 15.8 Å². The zero-order valence-electron chi connectivity index (χ0n) is 10.5. The molecule has 6 heteroatoms. The number of nitrogens with one attached hydrogen (secondary N) is 1. The predicted molar refractivity (Wildman–Crippen MR) is 69.5 cm³/mol. The van der Waals surface area contributed by atoms with Gasteiger partial charge in [0.1, 0.15) is 0 Å². The Balaban J connectivity index is 1.94. The second kappa shape index (κ2) is 5.57. The molecule has 0 aliphatic carbocycles. The predicted octanol–water partition coefficient (Wildman–Crippen LogP) is 0.707. The molecule has 0 saturated carbocycles. The monoisotopic (exact) mass is 250 g/mol. The van der Waals surface area contributed by atoms with E-state index in [1.165, 1.54) is 7.11 Å². The van der Waals surface area contributed by atoms with Gasteiger partial charge in [0.05, 0.1) is 19.3 Å². The van der Waals surface area contributed by atoms with Crippen LogP contribution in [0.3, 0.4) is 0 Å². The fourth-order valence-corrected chi connectivity index (χ4v) is 1.94. The van der Waals surface area contributed by atoms with Crippen molar-refractivity contribution in [2.75, 3.05) is 37.8 Å². The Kier molecular flexibility index (Phi) is 3.86. The third kappa shape index (κ3) is 2.82. The maximum Gasteiger partial charge on any atom is 0.241 e. The van der Waals surface area contributed by atoms with Gasteiger partial charge in [-0.15, -0.1) is 0 Å². The van der Waals surface area contributed by atoms with Gasteiger partial charge in [-0.2, -0.15) is 4.98 Å². The SMILES string of the molecule is COc1ccc(N)c(NCC(=O)N2CCCC2)n1. The van der Waals surface area contributed by atoms with Crippen molar-refractivity contribution in [2.45, 2.75) is 12.8 Å². The number of hydrogen-bond donors (Lipinski definition) is 2. The van der Waals surface area contributed by atoms with Crippen molar-refractivity contribution in [3.8, 4) is 5.88 Å². The molecule has 2 heterocycles. The molecule has 1 amide bonds. The van der Waals surface area contributed by atoms with Crippen molar-refractivity contribution in [3.63, 3.8) is 0 Å². The maximum absolute atomic E-state index is 11.8. The molecule has 0 unspecified atom stereocenters. The van der Waals surface area contributed by atoms with Gasteiger partial charge in [-0.05, 0) is 18.9 Å². The van der Waals surface area contributed by atoms with E-state index in [2.05, 4.69) is 10.3 Å². The molecular formula is C12H18N4O2. The number of nitrogens with zero attached hydrogens (tertiary/aromatic N) is 2. The number of pyridine rings is 1. The Labute approximate surface area is 106 Å². The number of hydrogen-bond acceptors (Lipinski definition) is 5. The second-order valence-corrected chi connectivity index (χ2v) is 4.23. The Morgan fingerprint density at radius 3 is 2.89 bits per heavy atom. The molecule has 18 heavy (non-hydrogen) atoms. The quantitative estimate of drug-likeness (QED) is 0.822. The van der Waals surface area contributed by atoms with Crippen LogP contribution in [0.15, 0.2) is 12.1 Å². The number of ether oxygens (including phenoxy) is 1. The van der Waals surface area contributed by atoms with Gasteiger partial charge in [-0.25, -0.2) is 0 Å². The van der Waals surface area contributed by atoms with Crippen molar-refractivity contribution in [1.29, 1.82) is 0 Å². The summed E-state index contributed by atoms with van der Waals surface area (Å²) >= 11 is 0. The van der Waals surface area contributed by atoms with E-state index in [1.807, 2.05) is 4.90 Å². The molecule has 0 atom stereocenters. The Morgan fingerprint density at radius 2 is 2.22 bits per heavy atom. The summed E-state index contributed by atoms with van der Waals surface area (Å²) in [6.45, 7) is 1.91. The number of carbonyl (C=O) groups excluding carboxylic acids is 1. The van der Waals surface area contributed by atoms with Crippen LogP contribution in [0.1, 0.15) is 12.8 Å². The molecule has 1 aliphatic heterocycles. The van der Waals surface area contributed by atoms with Crippen molar-refractivity contribution in [3.05, 3.63) is 12.1 Å². The summed E-state index contributed by atoms with van der Waals surface area (Å²) in [5.41, 5.74) is 6.28. The molecular weight excluding hydrogens is 232 g/mol. The standard InChI is InChI=1S/C12H18N4O2/c1-18-10-5-4-9(13)12(15-10)14-8-11(17)16-6-2-3-7-16/h4-5H,2-3,6-8,13H2,1H3,(H,14,15). The number of methoxy groups -OCH3 is 1. The highest BCUT2D eigenvalue weighted by atomic mass is 16.5. The normalized spacial score (nSPS) is 14.6. The van der Waals surface area contributed by atoms with E-state index in [9.17, 15) is 4.79 Å². The van der Waals surface area contributed by atoms with Crippen LogP contribution >= 0.6 is 0 Å². The van der Waals surface area contributed by atoms with Crippen molar-refractivity contribution >= 4 is 17.4 Å². The second-order valence-electron chi connectivity index (χ2n) is 4.23. The van der Waals surface area contributed by atoms with Gasteiger partial charge in [-0.3, -0.25) is 4.79 Å². The van der Waals surface area contributed by atoms with Crippen LogP contribution in [0.5, 0.6) is 5.88 Å². The van der Waals surface area contributed by atoms with Gasteiger partial charge in [0, 0.05) is 19.2 Å². The molecule has 1 aromatic rings. The highest BCUT2D eigenvalue weighted by Gasteiger charge is 2.17. The number of aromatic nitrogens is 1. The first-order valence-electron chi connectivity index (χ1n) is 6.03. The van der Waals surface area contributed by atoms with Gasteiger partial charge in [0.15, 0.2) is 5.82 Å². The number of carbonyl (C=O) groups is 1. The molecule has 3 N–H and O–H groups in total. The summed E-state index contributed by atoms with van der Waals surface area (Å²) in [5.74, 6) is 1.04. The lowest BCUT2D eigenvalue weighted by molar-refractivity contribution is -0.128. The lowest BCUT2D eigenvalue weighted by atomic mass is 10.4. The zero-order chi connectivity index (χ0) is 13.0. The summed E-state index contributed by atoms with van der Waals surface area (Å²) in [7, 11) is 1.54. The fourth-order valence-electron chi connectivity index (χ4n) is 1.94. The topological polar surface area (TPSA) is 80.5 Å². The van der Waals surface area contributed by atoms with E-state index in [4.69, 9.17) is 10.5 Å². The third-order valence-electron chi connectivity index (χ3n) is 2.98. The van der Waals surface area contributed by atoms with Crippen molar-refractivity contribution < 1.29 is 9.53 Å². The van der Waals surface area contributed by atoms with Crippen LogP contribution in [0, 0.1) is 0 Å². The van der Waals surface area contributed by atoms with E-state index in [-0.39, 0.29) is 12.5 Å². The lowest BCUT2D eigenvalue weighted by Gasteiger charge is -2.16. The number of nitrogen functional groups attached to an aromatic ring is 1. The maximum atomic E-state index is 11.8. The van der Waals surface area contributed by atoms with Crippen molar-refractivity contribution in [2.24, 2.45) is 0 Å². The number of anilines is 2. The summed E-state index contributed by atoms with van der Waals surface area (Å²) in [6, 6.07) is 3.39. The van der Waals surface area contributed by atoms with Gasteiger partial charge in [0.2, 0.25) is 11.8 Å². The highest BCUT2D eigenvalue weighted by Crippen LogP contribution is 2.19. The van der Waals surface area contributed by atoms with Crippen LogP contribution in [0.25, 0.3) is 0 Å². The minimum absolute atomic E-state index is 0.0801. The third-order valence-corrected chi connectivity index (χ3v) is 2.98. The lowest BCUT2D eigenvalue weighted by Crippen LogP contribution is -2.33. The largest absolute Gasteiger partial charge is 0.481 e. The molecule has 1 saturated heterocycles. The van der Waals surface area contributed by atoms with E-state index < -0.39 is 0 Å². The first kappa shape index (κ1) is 12.5. The first-order chi connectivity index (χ1) is 8.70. The molecule has 0 spiro atoms. The number of nitrogens with two attached hydrogens (primary N) is 1. The van der Waals surface area contributed by atoms with Crippen LogP contribution in [0.4, 0.5) is 11.5 Å². The molecule has 6 nitrogen and oxygen atoms in total. The summed E-state index contributed by atoms with van der Waals surface area (Å²) < 4.78 is 5.01. The van der Waals surface area contributed by atoms with E-state index in [0.29, 0.717) is 17.4 Å². The van der Waals surface area contributed by atoms with Crippen molar-refractivity contribution in [1.82, 2.24) is 9.88 Å². The molecule has 1 fully saturated rings. The van der Waals surface area contributed by atoms with Crippen LogP contribution in [-0.4, -0.2) is 42.5 Å². The van der Waals surface area contributed by atoms with E-state index in [1.54, 1.807) is 12.1 Å². The summed E-state index contributed by atoms with van der Waals surface area (Å²) in [5, 5.41) is 2.96. The first-order valence-corrected chi connectivity index (χ1v) is 6.03. The van der Waals surface area contributed by atoms with Gasteiger partial charge in [0.25, 0.3) is 0 Å². The van der Waals surface area contributed by atoms with Crippen LogP contribution in [-0.2, 0) is 4.79 Å². The average Bonchev–Trinajstić information content (AvgIpc) is 2.91. The minimum atomic E-state index is 0.0801. The highest BCUT2D eigenvalue weighted by molar-refractivity contribution is 5.81. The average molecular weight is 250 g/mol. The van der Waals surface area contributed by atoms with Gasteiger partial charge >= 0.3 is 0 Å². The Hall–Kier alpha value is -1.98. The minimum Gasteiger partial charge on any atom is -0.481 e. The molecule has 98 valence electrons. The number of likely N-dealkylation sites (tertiary alicyclic amines) is 1. The zero-order valence-corrected chi connectivity index (χ0v) is 10.5. The molecule has 0 aromatic carbocycles. The van der Waals surface area contributed by atoms with Gasteiger partial charge < -0.3 is 20.7 Å². The van der Waals surface area contributed by atoms with E-state index >= 15 is 0 Å². The van der Waals surface area contributed by atoms with E-state index in [0.717, 1.165) is 25.9 Å². The number of amides is 1. The Bertz CT molecular complexity index is 430. The fraction of sp³-hybridized carbons (Fsp3) is 0.500. The smallest absolute Gasteiger partial charge is 0.241 e. The molecule has 0 radical (unpaired) electrons. The molecule has 2 rings (SSSR count). The van der Waals surface area contributed by atoms with Crippen LogP contribution in [0.2, 0.25) is 0 Å². The Morgan fingerprint density at radius 1 is 1.50 bits per heavy atom. The molecule has 1 aromatic heterocycles. The summed E-state index contributed by atoms with van der Waals surface area (Å²) in [4.78, 5) is 17.9. The molecule has 1 aliphatic rings. The summed E-state index contributed by atoms with van der Waals surface area (Å²) in [6.07, 6.45) is 2.18. The molecule has 0 bridgehead atoms.